The lowest BCUT2D eigenvalue weighted by Gasteiger charge is -2.06. The van der Waals surface area contributed by atoms with Crippen LogP contribution >= 0.6 is 0 Å². The van der Waals surface area contributed by atoms with Gasteiger partial charge in [0.05, 0.1) is 6.10 Å². The van der Waals surface area contributed by atoms with E-state index in [-0.39, 0.29) is 5.82 Å². The molecule has 2 rings (SSSR count). The molecule has 0 radical (unpaired) electrons. The van der Waals surface area contributed by atoms with Crippen LogP contribution in [-0.4, -0.2) is 16.6 Å². The van der Waals surface area contributed by atoms with Gasteiger partial charge in [-0.25, -0.2) is 4.39 Å². The summed E-state index contributed by atoms with van der Waals surface area (Å²) in [5.41, 5.74) is 6.81. The third-order valence-electron chi connectivity index (χ3n) is 2.65. The molecule has 0 aliphatic carbocycles. The molecule has 0 amide bonds. The van der Waals surface area contributed by atoms with Crippen molar-refractivity contribution in [2.75, 3.05) is 6.54 Å². The zero-order chi connectivity index (χ0) is 11.5. The fraction of sp³-hybridized carbons (Fsp3) is 0.333. The number of halogens is 1. The van der Waals surface area contributed by atoms with Crippen LogP contribution in [0.2, 0.25) is 0 Å². The summed E-state index contributed by atoms with van der Waals surface area (Å²) in [5, 5.41) is 10.7. The van der Waals surface area contributed by atoms with Crippen LogP contribution in [0, 0.1) is 5.82 Å². The first kappa shape index (κ1) is 11.1. The van der Waals surface area contributed by atoms with Gasteiger partial charge in [0.1, 0.15) is 5.82 Å². The minimum Gasteiger partial charge on any atom is -0.387 e. The van der Waals surface area contributed by atoms with Crippen molar-refractivity contribution in [3.05, 3.63) is 35.8 Å². The van der Waals surface area contributed by atoms with E-state index in [1.165, 1.54) is 12.1 Å². The molecule has 1 atom stereocenters. The number of aromatic nitrogens is 1. The molecule has 0 bridgehead atoms. The largest absolute Gasteiger partial charge is 0.387 e. The Hall–Kier alpha value is -1.39. The first-order valence-corrected chi connectivity index (χ1v) is 5.37. The number of H-pyrrole nitrogens is 1. The van der Waals surface area contributed by atoms with Gasteiger partial charge < -0.3 is 15.8 Å². The maximum Gasteiger partial charge on any atom is 0.125 e. The van der Waals surface area contributed by atoms with Crippen molar-refractivity contribution in [3.8, 4) is 0 Å². The molecule has 2 aromatic rings. The van der Waals surface area contributed by atoms with Gasteiger partial charge >= 0.3 is 0 Å². The Morgan fingerprint density at radius 3 is 2.94 bits per heavy atom. The zero-order valence-corrected chi connectivity index (χ0v) is 8.91. The summed E-state index contributed by atoms with van der Waals surface area (Å²) in [5.74, 6) is -0.280. The molecule has 16 heavy (non-hydrogen) atoms. The highest BCUT2D eigenvalue weighted by Gasteiger charge is 2.10. The molecule has 0 saturated heterocycles. The van der Waals surface area contributed by atoms with Crippen LogP contribution in [0.5, 0.6) is 0 Å². The highest BCUT2D eigenvalue weighted by atomic mass is 19.1. The Morgan fingerprint density at radius 2 is 2.19 bits per heavy atom. The number of aliphatic hydroxyl groups is 1. The van der Waals surface area contributed by atoms with Gasteiger partial charge in [0.25, 0.3) is 0 Å². The number of aromatic amines is 1. The van der Waals surface area contributed by atoms with Crippen molar-refractivity contribution >= 4 is 10.9 Å². The van der Waals surface area contributed by atoms with Gasteiger partial charge in [0.2, 0.25) is 0 Å². The molecule has 0 saturated carbocycles. The summed E-state index contributed by atoms with van der Waals surface area (Å²) >= 11 is 0. The predicted octanol–water partition coefficient (Wildman–Crippen LogP) is 2.08. The molecule has 86 valence electrons. The standard InChI is InChI=1S/C12H15FN2O/c13-9-4-3-8-6-11(15-10(8)7-9)12(16)2-1-5-14/h3-4,6-7,12,15-16H,1-2,5,14H2. The van der Waals surface area contributed by atoms with Crippen LogP contribution in [0.25, 0.3) is 10.9 Å². The number of hydrogen-bond acceptors (Lipinski definition) is 2. The number of fused-ring (bicyclic) bond motifs is 1. The second-order valence-electron chi connectivity index (χ2n) is 3.90. The van der Waals surface area contributed by atoms with E-state index in [1.807, 2.05) is 6.07 Å². The maximum atomic E-state index is 13.0. The van der Waals surface area contributed by atoms with Crippen LogP contribution < -0.4 is 5.73 Å². The van der Waals surface area contributed by atoms with Gasteiger partial charge in [-0.15, -0.1) is 0 Å². The second kappa shape index (κ2) is 4.63. The predicted molar refractivity (Wildman–Crippen MR) is 61.5 cm³/mol. The second-order valence-corrected chi connectivity index (χ2v) is 3.90. The molecule has 1 aromatic heterocycles. The average molecular weight is 222 g/mol. The van der Waals surface area contributed by atoms with E-state index >= 15 is 0 Å². The number of aliphatic hydroxyl groups excluding tert-OH is 1. The highest BCUT2D eigenvalue weighted by Crippen LogP contribution is 2.23. The summed E-state index contributed by atoms with van der Waals surface area (Å²) in [6.07, 6.45) is 0.829. The Bertz CT molecular complexity index is 481. The van der Waals surface area contributed by atoms with Gasteiger partial charge in [0, 0.05) is 11.2 Å². The van der Waals surface area contributed by atoms with Crippen molar-refractivity contribution in [2.45, 2.75) is 18.9 Å². The van der Waals surface area contributed by atoms with Crippen molar-refractivity contribution in [3.63, 3.8) is 0 Å². The topological polar surface area (TPSA) is 62.0 Å². The van der Waals surface area contributed by atoms with Crippen LogP contribution in [0.1, 0.15) is 24.6 Å². The third-order valence-corrected chi connectivity index (χ3v) is 2.65. The molecule has 4 N–H and O–H groups in total. The number of nitrogens with one attached hydrogen (secondary N) is 1. The van der Waals surface area contributed by atoms with E-state index < -0.39 is 6.10 Å². The van der Waals surface area contributed by atoms with Crippen molar-refractivity contribution in [1.82, 2.24) is 4.98 Å². The fourth-order valence-electron chi connectivity index (χ4n) is 1.77. The number of hydrogen-bond donors (Lipinski definition) is 3. The average Bonchev–Trinajstić information content (AvgIpc) is 2.68. The number of benzene rings is 1. The zero-order valence-electron chi connectivity index (χ0n) is 8.91. The van der Waals surface area contributed by atoms with E-state index in [0.717, 1.165) is 11.8 Å². The summed E-state index contributed by atoms with van der Waals surface area (Å²) in [7, 11) is 0. The van der Waals surface area contributed by atoms with Crippen molar-refractivity contribution in [2.24, 2.45) is 5.73 Å². The van der Waals surface area contributed by atoms with E-state index in [2.05, 4.69) is 4.98 Å². The van der Waals surface area contributed by atoms with Crippen molar-refractivity contribution in [1.29, 1.82) is 0 Å². The van der Waals surface area contributed by atoms with Gasteiger partial charge in [0.15, 0.2) is 0 Å². The van der Waals surface area contributed by atoms with Gasteiger partial charge in [-0.3, -0.25) is 0 Å². The van der Waals surface area contributed by atoms with E-state index in [4.69, 9.17) is 5.73 Å². The van der Waals surface area contributed by atoms with Gasteiger partial charge in [-0.1, -0.05) is 0 Å². The van der Waals surface area contributed by atoms with Crippen molar-refractivity contribution < 1.29 is 9.50 Å². The molecule has 3 nitrogen and oxygen atoms in total. The minimum absolute atomic E-state index is 0.280. The smallest absolute Gasteiger partial charge is 0.125 e. The molecule has 1 unspecified atom stereocenters. The summed E-state index contributed by atoms with van der Waals surface area (Å²) in [4.78, 5) is 3.01. The highest BCUT2D eigenvalue weighted by molar-refractivity contribution is 5.80. The fourth-order valence-corrected chi connectivity index (χ4v) is 1.77. The first-order valence-electron chi connectivity index (χ1n) is 5.37. The monoisotopic (exact) mass is 222 g/mol. The maximum absolute atomic E-state index is 13.0. The van der Waals surface area contributed by atoms with E-state index in [9.17, 15) is 9.50 Å². The summed E-state index contributed by atoms with van der Waals surface area (Å²) < 4.78 is 13.0. The molecule has 0 aliphatic heterocycles. The van der Waals surface area contributed by atoms with E-state index in [0.29, 0.717) is 24.2 Å². The Balaban J connectivity index is 2.25. The molecular weight excluding hydrogens is 207 g/mol. The Kier molecular flexibility index (Phi) is 3.22. The quantitative estimate of drug-likeness (QED) is 0.741. The van der Waals surface area contributed by atoms with Gasteiger partial charge in [-0.05, 0) is 49.0 Å². The normalized spacial score (nSPS) is 13.2. The molecule has 1 aromatic carbocycles. The van der Waals surface area contributed by atoms with Crippen LogP contribution in [0.3, 0.4) is 0 Å². The molecule has 0 aliphatic rings. The van der Waals surface area contributed by atoms with Crippen LogP contribution in [0.4, 0.5) is 4.39 Å². The summed E-state index contributed by atoms with van der Waals surface area (Å²) in [6, 6.07) is 6.37. The van der Waals surface area contributed by atoms with Gasteiger partial charge in [-0.2, -0.15) is 0 Å². The van der Waals surface area contributed by atoms with Crippen LogP contribution in [-0.2, 0) is 0 Å². The lowest BCUT2D eigenvalue weighted by molar-refractivity contribution is 0.161. The number of rotatable bonds is 4. The summed E-state index contributed by atoms with van der Waals surface area (Å²) in [6.45, 7) is 0.561. The third kappa shape index (κ3) is 2.23. The molecule has 4 heteroatoms. The number of nitrogens with two attached hydrogens (primary N) is 1. The minimum atomic E-state index is -0.556. The first-order chi connectivity index (χ1) is 7.70. The lowest BCUT2D eigenvalue weighted by Crippen LogP contribution is -2.03. The molecule has 0 fully saturated rings. The SMILES string of the molecule is NCCCC(O)c1cc2ccc(F)cc2[nH]1. The Morgan fingerprint density at radius 1 is 1.38 bits per heavy atom. The molecule has 1 heterocycles. The van der Waals surface area contributed by atoms with E-state index in [1.54, 1.807) is 6.07 Å². The van der Waals surface area contributed by atoms with Crippen LogP contribution in [0.15, 0.2) is 24.3 Å². The molecular formula is C12H15FN2O. The lowest BCUT2D eigenvalue weighted by atomic mass is 10.1. The molecule has 0 spiro atoms. The Labute approximate surface area is 93.1 Å².